The van der Waals surface area contributed by atoms with Crippen LogP contribution < -0.4 is 10.9 Å². The van der Waals surface area contributed by atoms with E-state index in [2.05, 4.69) is 67.2 Å². The van der Waals surface area contributed by atoms with Crippen molar-refractivity contribution in [1.82, 2.24) is 5.43 Å². The lowest BCUT2D eigenvalue weighted by Gasteiger charge is -2.20. The Hall–Kier alpha value is -1.54. The Morgan fingerprint density at radius 1 is 0.692 bits per heavy atom. The average molecular weight is 355 g/mol. The summed E-state index contributed by atoms with van der Waals surface area (Å²) in [5, 5.41) is 2.57. The zero-order chi connectivity index (χ0) is 18.5. The second-order valence-electron chi connectivity index (χ2n) is 7.55. The lowest BCUT2D eigenvalue weighted by Crippen LogP contribution is -2.34. The molecular weight excluding hydrogens is 316 g/mol. The lowest BCUT2D eigenvalue weighted by atomic mass is 10.0. The number of anilines is 1. The van der Waals surface area contributed by atoms with E-state index in [1.54, 1.807) is 0 Å². The van der Waals surface area contributed by atoms with Crippen molar-refractivity contribution in [2.24, 2.45) is 0 Å². The fraction of sp³-hybridized carbons (Fsp3) is 0.583. The lowest BCUT2D eigenvalue weighted by molar-refractivity contribution is 0.451. The number of hydrogen-bond donors (Lipinski definition) is 2. The maximum Gasteiger partial charge on any atom is 0.0566 e. The molecule has 0 aliphatic rings. The van der Waals surface area contributed by atoms with Crippen molar-refractivity contribution >= 4 is 16.5 Å². The summed E-state index contributed by atoms with van der Waals surface area (Å²) in [6.45, 7) is 4.56. The second-order valence-corrected chi connectivity index (χ2v) is 7.55. The van der Waals surface area contributed by atoms with E-state index in [1.807, 2.05) is 0 Å². The van der Waals surface area contributed by atoms with E-state index >= 15 is 0 Å². The fourth-order valence-electron chi connectivity index (χ4n) is 3.68. The van der Waals surface area contributed by atoms with Crippen LogP contribution in [0.25, 0.3) is 10.8 Å². The number of rotatable bonds is 14. The van der Waals surface area contributed by atoms with Gasteiger partial charge in [-0.2, -0.15) is 0 Å². The molecule has 0 radical (unpaired) electrons. The zero-order valence-corrected chi connectivity index (χ0v) is 16.9. The van der Waals surface area contributed by atoms with Gasteiger partial charge in [-0.25, -0.2) is 5.43 Å². The third kappa shape index (κ3) is 7.37. The minimum atomic E-state index is 0.555. The van der Waals surface area contributed by atoms with Crippen molar-refractivity contribution in [2.45, 2.75) is 90.5 Å². The van der Waals surface area contributed by atoms with Crippen LogP contribution in [0.2, 0.25) is 0 Å². The van der Waals surface area contributed by atoms with Gasteiger partial charge in [-0.1, -0.05) is 108 Å². The monoisotopic (exact) mass is 354 g/mol. The smallest absolute Gasteiger partial charge is 0.0566 e. The Morgan fingerprint density at radius 3 is 2.15 bits per heavy atom. The second kappa shape index (κ2) is 12.8. The minimum absolute atomic E-state index is 0.555. The molecule has 0 aromatic heterocycles. The zero-order valence-electron chi connectivity index (χ0n) is 16.9. The van der Waals surface area contributed by atoms with Gasteiger partial charge in [-0.3, -0.25) is 0 Å². The summed E-state index contributed by atoms with van der Waals surface area (Å²) in [5.74, 6) is 0. The largest absolute Gasteiger partial charge is 0.321 e. The molecule has 1 atom stereocenters. The van der Waals surface area contributed by atoms with Gasteiger partial charge < -0.3 is 5.43 Å². The van der Waals surface area contributed by atoms with Gasteiger partial charge in [0.25, 0.3) is 0 Å². The fourth-order valence-corrected chi connectivity index (χ4v) is 3.68. The first-order valence-electron chi connectivity index (χ1n) is 10.8. The molecule has 0 spiro atoms. The van der Waals surface area contributed by atoms with E-state index in [-0.39, 0.29) is 0 Å². The highest BCUT2D eigenvalue weighted by molar-refractivity contribution is 5.93. The first-order valence-corrected chi connectivity index (χ1v) is 10.8. The summed E-state index contributed by atoms with van der Waals surface area (Å²) in [6, 6.07) is 15.6. The van der Waals surface area contributed by atoms with E-state index in [9.17, 15) is 0 Å². The van der Waals surface area contributed by atoms with Crippen LogP contribution in [0.4, 0.5) is 5.69 Å². The molecule has 0 aliphatic heterocycles. The van der Waals surface area contributed by atoms with E-state index in [0.717, 1.165) is 0 Å². The van der Waals surface area contributed by atoms with Gasteiger partial charge in [0.2, 0.25) is 0 Å². The molecular formula is C24H38N2. The van der Waals surface area contributed by atoms with Crippen molar-refractivity contribution in [3.63, 3.8) is 0 Å². The first-order chi connectivity index (χ1) is 12.8. The minimum Gasteiger partial charge on any atom is -0.321 e. The average Bonchev–Trinajstić information content (AvgIpc) is 2.68. The summed E-state index contributed by atoms with van der Waals surface area (Å²) < 4.78 is 0. The molecule has 1 unspecified atom stereocenters. The van der Waals surface area contributed by atoms with Crippen molar-refractivity contribution in [3.8, 4) is 0 Å². The standard InChI is InChI=1S/C24H38N2/c1-3-5-6-7-8-9-10-11-18-22(15-4-2)25-26-24-20-14-17-21-16-12-13-19-23(21)24/h12-14,16-17,19-20,22,25-26H,3-11,15,18H2,1-2H3. The van der Waals surface area contributed by atoms with E-state index in [1.165, 1.54) is 87.1 Å². The van der Waals surface area contributed by atoms with Gasteiger partial charge in [-0.05, 0) is 24.3 Å². The van der Waals surface area contributed by atoms with Crippen LogP contribution in [0, 0.1) is 0 Å². The number of hydrazine groups is 1. The van der Waals surface area contributed by atoms with Crippen molar-refractivity contribution in [1.29, 1.82) is 0 Å². The highest BCUT2D eigenvalue weighted by Crippen LogP contribution is 2.22. The van der Waals surface area contributed by atoms with Crippen LogP contribution in [0.3, 0.4) is 0 Å². The highest BCUT2D eigenvalue weighted by Gasteiger charge is 2.08. The topological polar surface area (TPSA) is 24.1 Å². The molecule has 2 aromatic carbocycles. The number of hydrogen-bond acceptors (Lipinski definition) is 2. The molecule has 0 heterocycles. The summed E-state index contributed by atoms with van der Waals surface area (Å²) in [4.78, 5) is 0. The van der Waals surface area contributed by atoms with Crippen molar-refractivity contribution in [2.75, 3.05) is 5.43 Å². The Labute approximate surface area is 160 Å². The highest BCUT2D eigenvalue weighted by atomic mass is 15.4. The number of nitrogens with one attached hydrogen (secondary N) is 2. The van der Waals surface area contributed by atoms with Gasteiger partial charge in [0, 0.05) is 11.4 Å². The van der Waals surface area contributed by atoms with E-state index in [0.29, 0.717) is 6.04 Å². The third-order valence-electron chi connectivity index (χ3n) is 5.24. The Bertz CT molecular complexity index is 603. The quantitative estimate of drug-likeness (QED) is 0.272. The van der Waals surface area contributed by atoms with Crippen LogP contribution in [-0.2, 0) is 0 Å². The van der Waals surface area contributed by atoms with Crippen LogP contribution in [0.1, 0.15) is 84.5 Å². The molecule has 2 aromatic rings. The van der Waals surface area contributed by atoms with Crippen molar-refractivity contribution < 1.29 is 0 Å². The summed E-state index contributed by atoms with van der Waals surface area (Å²) in [6.07, 6.45) is 14.8. The maximum atomic E-state index is 3.60. The number of benzene rings is 2. The SMILES string of the molecule is CCCCCCCCCCC(CCC)NNc1cccc2ccccc12. The number of unbranched alkanes of at least 4 members (excludes halogenated alkanes) is 7. The molecule has 0 amide bonds. The molecule has 0 fully saturated rings. The Morgan fingerprint density at radius 2 is 1.38 bits per heavy atom. The third-order valence-corrected chi connectivity index (χ3v) is 5.24. The molecule has 0 saturated carbocycles. The Kier molecular flexibility index (Phi) is 10.2. The molecule has 2 heteroatoms. The molecule has 0 aliphatic carbocycles. The van der Waals surface area contributed by atoms with Crippen LogP contribution >= 0.6 is 0 Å². The summed E-state index contributed by atoms with van der Waals surface area (Å²) in [5.41, 5.74) is 8.28. The van der Waals surface area contributed by atoms with E-state index < -0.39 is 0 Å². The molecule has 0 saturated heterocycles. The summed E-state index contributed by atoms with van der Waals surface area (Å²) >= 11 is 0. The van der Waals surface area contributed by atoms with Crippen LogP contribution in [-0.4, -0.2) is 6.04 Å². The predicted molar refractivity (Wildman–Crippen MR) is 117 cm³/mol. The van der Waals surface area contributed by atoms with Gasteiger partial charge in [0.1, 0.15) is 0 Å². The molecule has 26 heavy (non-hydrogen) atoms. The maximum absolute atomic E-state index is 3.60. The molecule has 0 bridgehead atoms. The molecule has 144 valence electrons. The van der Waals surface area contributed by atoms with Crippen LogP contribution in [0.5, 0.6) is 0 Å². The first kappa shape index (κ1) is 20.8. The summed E-state index contributed by atoms with van der Waals surface area (Å²) in [7, 11) is 0. The number of fused-ring (bicyclic) bond motifs is 1. The van der Waals surface area contributed by atoms with Gasteiger partial charge >= 0.3 is 0 Å². The molecule has 2 nitrogen and oxygen atoms in total. The van der Waals surface area contributed by atoms with E-state index in [4.69, 9.17) is 0 Å². The van der Waals surface area contributed by atoms with Gasteiger partial charge in [0.05, 0.1) is 5.69 Å². The predicted octanol–water partition coefficient (Wildman–Crippen LogP) is 7.46. The Balaban J connectivity index is 1.72. The van der Waals surface area contributed by atoms with Crippen molar-refractivity contribution in [3.05, 3.63) is 42.5 Å². The van der Waals surface area contributed by atoms with Gasteiger partial charge in [0.15, 0.2) is 0 Å². The van der Waals surface area contributed by atoms with Gasteiger partial charge in [-0.15, -0.1) is 0 Å². The molecule has 2 N–H and O–H groups in total. The molecule has 2 rings (SSSR count). The normalized spacial score (nSPS) is 12.4. The van der Waals surface area contributed by atoms with Crippen LogP contribution in [0.15, 0.2) is 42.5 Å².